The van der Waals surface area contributed by atoms with Crippen LogP contribution in [0.4, 0.5) is 0 Å². The third-order valence-corrected chi connectivity index (χ3v) is 3.84. The van der Waals surface area contributed by atoms with E-state index < -0.39 is 0 Å². The highest BCUT2D eigenvalue weighted by atomic mass is 16.5. The Labute approximate surface area is 104 Å². The topological polar surface area (TPSA) is 55.6 Å². The Morgan fingerprint density at radius 3 is 2.88 bits per heavy atom. The lowest BCUT2D eigenvalue weighted by Gasteiger charge is -2.39. The van der Waals surface area contributed by atoms with Crippen molar-refractivity contribution in [2.45, 2.75) is 51.7 Å². The highest BCUT2D eigenvalue weighted by molar-refractivity contribution is 5.76. The Bertz CT molecular complexity index is 246. The average molecular weight is 242 g/mol. The molecule has 3 atom stereocenters. The number of nitrogens with zero attached hydrogens (tertiary/aromatic N) is 1. The minimum atomic E-state index is 0.150. The van der Waals surface area contributed by atoms with Crippen molar-refractivity contribution in [1.82, 2.24) is 4.90 Å². The third-order valence-electron chi connectivity index (χ3n) is 3.84. The predicted octanol–water partition coefficient (Wildman–Crippen LogP) is 1.39. The second-order valence-electron chi connectivity index (χ2n) is 5.09. The van der Waals surface area contributed by atoms with Gasteiger partial charge in [-0.05, 0) is 32.1 Å². The molecule has 1 rings (SSSR count). The summed E-state index contributed by atoms with van der Waals surface area (Å²) in [5.74, 6) is 0.758. The summed E-state index contributed by atoms with van der Waals surface area (Å²) in [6.45, 7) is 5.63. The van der Waals surface area contributed by atoms with Crippen molar-refractivity contribution in [2.75, 3.05) is 20.2 Å². The summed E-state index contributed by atoms with van der Waals surface area (Å²) >= 11 is 0. The van der Waals surface area contributed by atoms with Gasteiger partial charge in [0.1, 0.15) is 0 Å². The zero-order valence-electron chi connectivity index (χ0n) is 11.3. The van der Waals surface area contributed by atoms with Crippen LogP contribution >= 0.6 is 0 Å². The first-order valence-electron chi connectivity index (χ1n) is 6.62. The van der Waals surface area contributed by atoms with Gasteiger partial charge in [-0.15, -0.1) is 0 Å². The predicted molar refractivity (Wildman–Crippen MR) is 68.7 cm³/mol. The standard InChI is InChI=1S/C13H26N2O2/c1-10-5-4-8-15(12(10)9-14)13(16)7-6-11(2)17-3/h10-12H,4-9,14H2,1-3H3. The maximum Gasteiger partial charge on any atom is 0.222 e. The number of carbonyl (C=O) groups is 1. The van der Waals surface area contributed by atoms with Crippen LogP contribution < -0.4 is 5.73 Å². The van der Waals surface area contributed by atoms with Crippen LogP contribution in [0.1, 0.15) is 39.5 Å². The Morgan fingerprint density at radius 2 is 2.29 bits per heavy atom. The van der Waals surface area contributed by atoms with Gasteiger partial charge in [-0.25, -0.2) is 0 Å². The van der Waals surface area contributed by atoms with Gasteiger partial charge < -0.3 is 15.4 Å². The molecule has 1 fully saturated rings. The van der Waals surface area contributed by atoms with Gasteiger partial charge in [0.25, 0.3) is 0 Å². The molecule has 3 unspecified atom stereocenters. The number of hydrogen-bond donors (Lipinski definition) is 1. The van der Waals surface area contributed by atoms with E-state index in [9.17, 15) is 4.79 Å². The van der Waals surface area contributed by atoms with Gasteiger partial charge in [-0.2, -0.15) is 0 Å². The molecule has 4 heteroatoms. The summed E-state index contributed by atoms with van der Waals surface area (Å²) < 4.78 is 5.17. The van der Waals surface area contributed by atoms with E-state index in [1.807, 2.05) is 11.8 Å². The molecule has 0 radical (unpaired) electrons. The van der Waals surface area contributed by atoms with E-state index in [-0.39, 0.29) is 18.1 Å². The van der Waals surface area contributed by atoms with E-state index in [0.29, 0.717) is 18.9 Å². The van der Waals surface area contributed by atoms with Crippen molar-refractivity contribution in [3.63, 3.8) is 0 Å². The van der Waals surface area contributed by atoms with Crippen LogP contribution in [0.15, 0.2) is 0 Å². The van der Waals surface area contributed by atoms with Crippen LogP contribution in [0.25, 0.3) is 0 Å². The SMILES string of the molecule is COC(C)CCC(=O)N1CCCC(C)C1CN. The smallest absolute Gasteiger partial charge is 0.222 e. The van der Waals surface area contributed by atoms with Crippen LogP contribution in [0.5, 0.6) is 0 Å². The lowest BCUT2D eigenvalue weighted by molar-refractivity contribution is -0.136. The van der Waals surface area contributed by atoms with Gasteiger partial charge >= 0.3 is 0 Å². The minimum absolute atomic E-state index is 0.150. The number of amides is 1. The molecule has 0 aromatic carbocycles. The lowest BCUT2D eigenvalue weighted by Crippen LogP contribution is -2.51. The number of ether oxygens (including phenoxy) is 1. The van der Waals surface area contributed by atoms with Crippen molar-refractivity contribution in [1.29, 1.82) is 0 Å². The number of hydrogen-bond acceptors (Lipinski definition) is 3. The third kappa shape index (κ3) is 3.96. The number of nitrogens with two attached hydrogens (primary N) is 1. The minimum Gasteiger partial charge on any atom is -0.382 e. The van der Waals surface area contributed by atoms with Crippen molar-refractivity contribution >= 4 is 5.91 Å². The quantitative estimate of drug-likeness (QED) is 0.792. The Kier molecular flexibility index (Phi) is 5.92. The van der Waals surface area contributed by atoms with Gasteiger partial charge in [0.2, 0.25) is 5.91 Å². The maximum absolute atomic E-state index is 12.1. The van der Waals surface area contributed by atoms with E-state index in [2.05, 4.69) is 6.92 Å². The first kappa shape index (κ1) is 14.5. The van der Waals surface area contributed by atoms with Crippen LogP contribution in [0.2, 0.25) is 0 Å². The number of rotatable bonds is 5. The summed E-state index contributed by atoms with van der Waals surface area (Å²) in [6, 6.07) is 0.231. The molecule has 4 nitrogen and oxygen atoms in total. The number of likely N-dealkylation sites (tertiary alicyclic amines) is 1. The monoisotopic (exact) mass is 242 g/mol. The maximum atomic E-state index is 12.1. The zero-order chi connectivity index (χ0) is 12.8. The fraction of sp³-hybridized carbons (Fsp3) is 0.923. The molecule has 100 valence electrons. The summed E-state index contributed by atoms with van der Waals surface area (Å²) in [5, 5.41) is 0. The summed E-state index contributed by atoms with van der Waals surface area (Å²) in [7, 11) is 1.68. The number of methoxy groups -OCH3 is 1. The van der Waals surface area contributed by atoms with E-state index in [0.717, 1.165) is 19.4 Å². The van der Waals surface area contributed by atoms with Crippen LogP contribution in [-0.2, 0) is 9.53 Å². The Morgan fingerprint density at radius 1 is 1.59 bits per heavy atom. The molecule has 17 heavy (non-hydrogen) atoms. The van der Waals surface area contributed by atoms with Crippen LogP contribution in [0.3, 0.4) is 0 Å². The van der Waals surface area contributed by atoms with Gasteiger partial charge in [0.05, 0.1) is 6.10 Å². The van der Waals surface area contributed by atoms with Gasteiger partial charge in [-0.1, -0.05) is 6.92 Å². The average Bonchev–Trinajstić information content (AvgIpc) is 2.35. The molecule has 0 aromatic heterocycles. The van der Waals surface area contributed by atoms with Gasteiger partial charge in [0, 0.05) is 32.7 Å². The van der Waals surface area contributed by atoms with Crippen molar-refractivity contribution in [2.24, 2.45) is 11.7 Å². The largest absolute Gasteiger partial charge is 0.382 e. The highest BCUT2D eigenvalue weighted by Gasteiger charge is 2.30. The van der Waals surface area contributed by atoms with Crippen molar-refractivity contribution in [3.8, 4) is 0 Å². The molecule has 0 aromatic rings. The lowest BCUT2D eigenvalue weighted by atomic mass is 9.90. The molecule has 1 aliphatic heterocycles. The fourth-order valence-electron chi connectivity index (χ4n) is 2.51. The van der Waals surface area contributed by atoms with Gasteiger partial charge in [-0.3, -0.25) is 4.79 Å². The summed E-state index contributed by atoms with van der Waals surface area (Å²) in [6.07, 6.45) is 3.79. The molecule has 1 amide bonds. The normalized spacial score (nSPS) is 26.9. The van der Waals surface area contributed by atoms with E-state index in [4.69, 9.17) is 10.5 Å². The zero-order valence-corrected chi connectivity index (χ0v) is 11.3. The van der Waals surface area contributed by atoms with Crippen LogP contribution in [0, 0.1) is 5.92 Å². The second-order valence-corrected chi connectivity index (χ2v) is 5.09. The molecule has 0 saturated carbocycles. The molecular weight excluding hydrogens is 216 g/mol. The fourth-order valence-corrected chi connectivity index (χ4v) is 2.51. The van der Waals surface area contributed by atoms with Crippen molar-refractivity contribution in [3.05, 3.63) is 0 Å². The molecule has 0 aliphatic carbocycles. The molecule has 1 aliphatic rings. The first-order chi connectivity index (χ1) is 8.10. The van der Waals surface area contributed by atoms with E-state index in [1.165, 1.54) is 6.42 Å². The van der Waals surface area contributed by atoms with E-state index >= 15 is 0 Å². The highest BCUT2D eigenvalue weighted by Crippen LogP contribution is 2.23. The first-order valence-corrected chi connectivity index (χ1v) is 6.62. The summed E-state index contributed by atoms with van der Waals surface area (Å²) in [5.41, 5.74) is 5.79. The molecule has 0 bridgehead atoms. The number of piperidine rings is 1. The van der Waals surface area contributed by atoms with Crippen LogP contribution in [-0.4, -0.2) is 43.2 Å². The second kappa shape index (κ2) is 6.97. The number of carbonyl (C=O) groups excluding carboxylic acids is 1. The Balaban J connectivity index is 2.48. The molecule has 2 N–H and O–H groups in total. The summed E-state index contributed by atoms with van der Waals surface area (Å²) in [4.78, 5) is 14.1. The Hall–Kier alpha value is -0.610. The van der Waals surface area contributed by atoms with Gasteiger partial charge in [0.15, 0.2) is 0 Å². The molecular formula is C13H26N2O2. The molecule has 1 saturated heterocycles. The molecule has 0 spiro atoms. The van der Waals surface area contributed by atoms with Crippen molar-refractivity contribution < 1.29 is 9.53 Å². The van der Waals surface area contributed by atoms with E-state index in [1.54, 1.807) is 7.11 Å². The molecule has 1 heterocycles.